The number of anilines is 2. The first kappa shape index (κ1) is 22.2. The molecule has 0 radical (unpaired) electrons. The maximum absolute atomic E-state index is 9.36. The molecule has 0 spiro atoms. The number of benzene rings is 4. The highest BCUT2D eigenvalue weighted by Crippen LogP contribution is 2.54. The summed E-state index contributed by atoms with van der Waals surface area (Å²) in [6.07, 6.45) is 0. The zero-order chi connectivity index (χ0) is 25.9. The Morgan fingerprint density at radius 1 is 0.743 bits per heavy atom. The topological polar surface area (TPSA) is 3.24 Å². The summed E-state index contributed by atoms with van der Waals surface area (Å²) in [5.74, 6) is -0.783. The lowest BCUT2D eigenvalue weighted by Crippen LogP contribution is -2.38. The van der Waals surface area contributed by atoms with Crippen molar-refractivity contribution in [2.45, 2.75) is 65.3 Å². The highest BCUT2D eigenvalue weighted by atomic mass is 15.2. The number of hydrogen-bond acceptors (Lipinski definition) is 1. The molecule has 0 atom stereocenters. The molecular weight excluding hydrogens is 422 g/mol. The fraction of sp³-hybridized carbons (Fsp3) is 0.294. The van der Waals surface area contributed by atoms with Crippen LogP contribution >= 0.6 is 0 Å². The summed E-state index contributed by atoms with van der Waals surface area (Å²) in [6.45, 7) is 15.4. The van der Waals surface area contributed by atoms with Crippen LogP contribution in [0.4, 0.5) is 11.4 Å². The van der Waals surface area contributed by atoms with Crippen molar-refractivity contribution >= 4 is 11.4 Å². The molecule has 0 saturated carbocycles. The van der Waals surface area contributed by atoms with Crippen molar-refractivity contribution in [2.75, 3.05) is 4.90 Å². The quantitative estimate of drug-likeness (QED) is 0.293. The minimum Gasteiger partial charge on any atom is -0.336 e. The van der Waals surface area contributed by atoms with E-state index in [4.69, 9.17) is 0 Å². The van der Waals surface area contributed by atoms with Gasteiger partial charge in [0.25, 0.3) is 0 Å². The van der Waals surface area contributed by atoms with Crippen molar-refractivity contribution in [3.63, 3.8) is 0 Å². The molecule has 0 fully saturated rings. The van der Waals surface area contributed by atoms with E-state index in [0.717, 1.165) is 16.9 Å². The molecule has 0 heterocycles. The molecule has 0 bridgehead atoms. The predicted octanol–water partition coefficient (Wildman–Crippen LogP) is 9.72. The second-order valence-electron chi connectivity index (χ2n) is 11.5. The largest absolute Gasteiger partial charge is 0.336 e. The maximum Gasteiger partial charge on any atom is 0.0457 e. The molecule has 35 heavy (non-hydrogen) atoms. The fourth-order valence-corrected chi connectivity index (χ4v) is 5.82. The van der Waals surface area contributed by atoms with Crippen LogP contribution in [0.5, 0.6) is 0 Å². The van der Waals surface area contributed by atoms with Crippen molar-refractivity contribution in [1.29, 1.82) is 0 Å². The SMILES string of the molecule is [2H]C(C)(C)c1c(N(c2cccc(-c3ccccc3)c2)C(C)(C)C)ccc2c1-c1ccccc1C2(C)C. The van der Waals surface area contributed by atoms with E-state index in [1.54, 1.807) is 0 Å². The molecule has 1 aliphatic rings. The van der Waals surface area contributed by atoms with Gasteiger partial charge in [0.2, 0.25) is 0 Å². The van der Waals surface area contributed by atoms with Gasteiger partial charge in [-0.25, -0.2) is 0 Å². The Bertz CT molecular complexity index is 1420. The molecule has 4 aromatic carbocycles. The summed E-state index contributed by atoms with van der Waals surface area (Å²) in [6, 6.07) is 32.7. The van der Waals surface area contributed by atoms with Gasteiger partial charge in [-0.05, 0) is 83.8 Å². The molecule has 0 saturated heterocycles. The lowest BCUT2D eigenvalue weighted by atomic mass is 9.81. The summed E-state index contributed by atoms with van der Waals surface area (Å²) >= 11 is 0. The minimum absolute atomic E-state index is 0.0930. The molecule has 0 unspecified atom stereocenters. The van der Waals surface area contributed by atoms with Crippen molar-refractivity contribution < 1.29 is 1.37 Å². The lowest BCUT2D eigenvalue weighted by Gasteiger charge is -2.40. The highest BCUT2D eigenvalue weighted by molar-refractivity contribution is 5.89. The molecule has 0 N–H and O–H groups in total. The summed E-state index contributed by atoms with van der Waals surface area (Å²) in [5, 5.41) is 0. The van der Waals surface area contributed by atoms with Crippen molar-refractivity contribution in [2.24, 2.45) is 0 Å². The lowest BCUT2D eigenvalue weighted by molar-refractivity contribution is 0.557. The zero-order valence-corrected chi connectivity index (χ0v) is 22.1. The monoisotopic (exact) mass is 460 g/mol. The van der Waals surface area contributed by atoms with Gasteiger partial charge in [0, 0.05) is 23.7 Å². The number of fused-ring (bicyclic) bond motifs is 3. The molecule has 0 aliphatic heterocycles. The van der Waals surface area contributed by atoms with E-state index in [1.165, 1.54) is 33.4 Å². The van der Waals surface area contributed by atoms with Crippen LogP contribution in [0.1, 0.15) is 72.4 Å². The maximum atomic E-state index is 9.36. The van der Waals surface area contributed by atoms with Crippen LogP contribution in [0.15, 0.2) is 91.0 Å². The van der Waals surface area contributed by atoms with Crippen LogP contribution in [-0.2, 0) is 5.41 Å². The van der Waals surface area contributed by atoms with Crippen LogP contribution in [0.3, 0.4) is 0 Å². The van der Waals surface area contributed by atoms with Crippen molar-refractivity contribution in [3.8, 4) is 22.3 Å². The zero-order valence-electron chi connectivity index (χ0n) is 23.1. The van der Waals surface area contributed by atoms with Gasteiger partial charge >= 0.3 is 0 Å². The van der Waals surface area contributed by atoms with Gasteiger partial charge in [0.05, 0.1) is 0 Å². The number of nitrogens with zero attached hydrogens (tertiary/aromatic N) is 1. The van der Waals surface area contributed by atoms with Gasteiger partial charge in [-0.2, -0.15) is 0 Å². The molecule has 1 nitrogen and oxygen atoms in total. The third-order valence-corrected chi connectivity index (χ3v) is 7.35. The normalized spacial score (nSPS) is 14.8. The van der Waals surface area contributed by atoms with Gasteiger partial charge in [-0.3, -0.25) is 0 Å². The second-order valence-corrected chi connectivity index (χ2v) is 11.5. The Balaban J connectivity index is 1.80. The van der Waals surface area contributed by atoms with Gasteiger partial charge in [0.15, 0.2) is 0 Å². The van der Waals surface area contributed by atoms with Gasteiger partial charge in [-0.1, -0.05) is 100 Å². The first-order chi connectivity index (χ1) is 16.9. The number of rotatable bonds is 4. The van der Waals surface area contributed by atoms with Crippen molar-refractivity contribution in [3.05, 3.63) is 108 Å². The van der Waals surface area contributed by atoms with Crippen LogP contribution in [0.25, 0.3) is 22.3 Å². The Labute approximate surface area is 212 Å². The Morgan fingerprint density at radius 3 is 2.09 bits per heavy atom. The molecule has 4 aromatic rings. The first-order valence-corrected chi connectivity index (χ1v) is 12.6. The summed E-state index contributed by atoms with van der Waals surface area (Å²) in [4.78, 5) is 2.43. The highest BCUT2D eigenvalue weighted by Gasteiger charge is 2.39. The van der Waals surface area contributed by atoms with Crippen LogP contribution in [-0.4, -0.2) is 5.54 Å². The predicted molar refractivity (Wildman–Crippen MR) is 152 cm³/mol. The van der Waals surface area contributed by atoms with E-state index < -0.39 is 5.89 Å². The second kappa shape index (κ2) is 8.41. The summed E-state index contributed by atoms with van der Waals surface area (Å²) in [5.41, 5.74) is 10.6. The van der Waals surface area contributed by atoms with E-state index in [9.17, 15) is 1.37 Å². The standard InChI is InChI=1S/C34H37N/c1-23(2)31-30(21-20-29-32(31)27-18-11-12-19-28(27)34(29,6)7)35(33(3,4)5)26-17-13-16-25(22-26)24-14-9-8-10-15-24/h8-23H,1-7H3/i23D. The van der Waals surface area contributed by atoms with Gasteiger partial charge in [0.1, 0.15) is 0 Å². The number of hydrogen-bond donors (Lipinski definition) is 0. The minimum atomic E-state index is -0.783. The molecule has 5 rings (SSSR count). The molecule has 0 aromatic heterocycles. The summed E-state index contributed by atoms with van der Waals surface area (Å²) in [7, 11) is 0. The van der Waals surface area contributed by atoms with Crippen LogP contribution < -0.4 is 4.90 Å². The van der Waals surface area contributed by atoms with E-state index >= 15 is 0 Å². The Kier molecular flexibility index (Phi) is 5.33. The molecular formula is C34H37N. The third kappa shape index (κ3) is 3.88. The fourth-order valence-electron chi connectivity index (χ4n) is 5.82. The van der Waals surface area contributed by atoms with E-state index in [1.807, 2.05) is 13.8 Å². The van der Waals surface area contributed by atoms with Crippen LogP contribution in [0, 0.1) is 0 Å². The Morgan fingerprint density at radius 2 is 1.40 bits per heavy atom. The molecule has 0 amide bonds. The molecule has 1 aliphatic carbocycles. The Hall–Kier alpha value is -3.32. The average Bonchev–Trinajstić information content (AvgIpc) is 3.05. The molecule has 1 heteroatoms. The summed E-state index contributed by atoms with van der Waals surface area (Å²) < 4.78 is 9.36. The third-order valence-electron chi connectivity index (χ3n) is 7.35. The smallest absolute Gasteiger partial charge is 0.0457 e. The van der Waals surface area contributed by atoms with Gasteiger partial charge in [-0.15, -0.1) is 0 Å². The van der Waals surface area contributed by atoms with Crippen LogP contribution in [0.2, 0.25) is 0 Å². The molecule has 178 valence electrons. The first-order valence-electron chi connectivity index (χ1n) is 13.1. The van der Waals surface area contributed by atoms with Gasteiger partial charge < -0.3 is 4.90 Å². The van der Waals surface area contributed by atoms with E-state index in [0.29, 0.717) is 0 Å². The van der Waals surface area contributed by atoms with Crippen molar-refractivity contribution in [1.82, 2.24) is 0 Å². The van der Waals surface area contributed by atoms with E-state index in [-0.39, 0.29) is 11.0 Å². The van der Waals surface area contributed by atoms with E-state index in [2.05, 4.69) is 131 Å². The average molecular weight is 461 g/mol.